The van der Waals surface area contributed by atoms with Crippen molar-refractivity contribution < 1.29 is 4.79 Å². The van der Waals surface area contributed by atoms with Gasteiger partial charge in [0.25, 0.3) is 0 Å². The number of para-hydroxylation sites is 2. The highest BCUT2D eigenvalue weighted by Gasteiger charge is 2.28. The van der Waals surface area contributed by atoms with Crippen LogP contribution in [0.15, 0.2) is 54.6 Å². The zero-order valence-corrected chi connectivity index (χ0v) is 16.6. The number of fused-ring (bicyclic) bond motifs is 1. The van der Waals surface area contributed by atoms with Crippen LogP contribution in [0.25, 0.3) is 11.0 Å². The lowest BCUT2D eigenvalue weighted by molar-refractivity contribution is -0.126. The molecule has 1 aliphatic heterocycles. The van der Waals surface area contributed by atoms with E-state index in [9.17, 15) is 4.79 Å². The normalized spacial score (nSPS) is 16.3. The molecule has 0 bridgehead atoms. The molecule has 1 saturated heterocycles. The summed E-state index contributed by atoms with van der Waals surface area (Å²) in [7, 11) is 0. The zero-order valence-electron chi connectivity index (χ0n) is 16.6. The van der Waals surface area contributed by atoms with Crippen LogP contribution in [0.5, 0.6) is 0 Å². The molecule has 1 aromatic heterocycles. The Bertz CT molecular complexity index is 942. The maximum Gasteiger partial charge on any atom is 0.223 e. The van der Waals surface area contributed by atoms with Gasteiger partial charge in [-0.1, -0.05) is 42.5 Å². The largest absolute Gasteiger partial charge is 0.349 e. The van der Waals surface area contributed by atoms with Crippen LogP contribution in [0.1, 0.15) is 38.3 Å². The minimum absolute atomic E-state index is 0.0380. The van der Waals surface area contributed by atoms with E-state index in [4.69, 9.17) is 4.98 Å². The predicted molar refractivity (Wildman–Crippen MR) is 113 cm³/mol. The molecule has 4 rings (SSSR count). The number of hydrogen-bond donors (Lipinski definition) is 1. The molecule has 1 aliphatic rings. The minimum Gasteiger partial charge on any atom is -0.349 e. The van der Waals surface area contributed by atoms with Gasteiger partial charge >= 0.3 is 0 Å². The summed E-state index contributed by atoms with van der Waals surface area (Å²) in [6, 6.07) is 18.5. The summed E-state index contributed by atoms with van der Waals surface area (Å²) in [6.45, 7) is 6.82. The third-order valence-corrected chi connectivity index (χ3v) is 5.76. The fraction of sp³-hybridized carbons (Fsp3) is 0.391. The molecule has 0 saturated carbocycles. The Kier molecular flexibility index (Phi) is 5.33. The van der Waals surface area contributed by atoms with Gasteiger partial charge in [0, 0.05) is 25.6 Å². The van der Waals surface area contributed by atoms with Gasteiger partial charge in [0.15, 0.2) is 0 Å². The second-order valence-corrected chi connectivity index (χ2v) is 7.55. The van der Waals surface area contributed by atoms with Gasteiger partial charge in [0.1, 0.15) is 0 Å². The van der Waals surface area contributed by atoms with Gasteiger partial charge in [-0.3, -0.25) is 4.79 Å². The predicted octanol–water partition coefficient (Wildman–Crippen LogP) is 4.15. The SMILES string of the molecule is CCn1c(N2CCC(C(=O)NC(C)c3ccccc3)CC2)nc2ccccc21. The van der Waals surface area contributed by atoms with Gasteiger partial charge in [0.05, 0.1) is 17.1 Å². The Balaban J connectivity index is 1.40. The fourth-order valence-corrected chi connectivity index (χ4v) is 4.11. The molecule has 1 fully saturated rings. The van der Waals surface area contributed by atoms with E-state index in [0.29, 0.717) is 0 Å². The third kappa shape index (κ3) is 3.61. The Morgan fingerprint density at radius 2 is 1.79 bits per heavy atom. The molecule has 146 valence electrons. The molecule has 1 unspecified atom stereocenters. The van der Waals surface area contributed by atoms with E-state index >= 15 is 0 Å². The van der Waals surface area contributed by atoms with Crippen molar-refractivity contribution in [3.05, 3.63) is 60.2 Å². The molecule has 1 amide bonds. The first-order valence-corrected chi connectivity index (χ1v) is 10.2. The lowest BCUT2D eigenvalue weighted by atomic mass is 9.95. The number of benzene rings is 2. The maximum absolute atomic E-state index is 12.7. The van der Waals surface area contributed by atoms with Crippen LogP contribution in [-0.2, 0) is 11.3 Å². The molecule has 3 aromatic rings. The smallest absolute Gasteiger partial charge is 0.223 e. The average molecular weight is 377 g/mol. The standard InChI is InChI=1S/C23H28N4O/c1-3-27-21-12-8-7-11-20(21)25-23(27)26-15-13-19(14-16-26)22(28)24-17(2)18-9-5-4-6-10-18/h4-12,17,19H,3,13-16H2,1-2H3,(H,24,28). The highest BCUT2D eigenvalue weighted by molar-refractivity contribution is 5.80. The monoisotopic (exact) mass is 376 g/mol. The number of imidazole rings is 1. The number of rotatable bonds is 5. The molecule has 0 aliphatic carbocycles. The van der Waals surface area contributed by atoms with Gasteiger partial charge in [-0.05, 0) is 44.4 Å². The van der Waals surface area contributed by atoms with Crippen LogP contribution >= 0.6 is 0 Å². The number of carbonyl (C=O) groups is 1. The van der Waals surface area contributed by atoms with Crippen molar-refractivity contribution in [2.75, 3.05) is 18.0 Å². The number of carbonyl (C=O) groups excluding carboxylic acids is 1. The second-order valence-electron chi connectivity index (χ2n) is 7.55. The van der Waals surface area contributed by atoms with E-state index in [0.717, 1.165) is 49.5 Å². The van der Waals surface area contributed by atoms with E-state index in [2.05, 4.69) is 52.0 Å². The van der Waals surface area contributed by atoms with Gasteiger partial charge in [0.2, 0.25) is 11.9 Å². The number of nitrogens with zero attached hydrogens (tertiary/aromatic N) is 3. The first-order valence-electron chi connectivity index (χ1n) is 10.2. The number of piperidine rings is 1. The summed E-state index contributed by atoms with van der Waals surface area (Å²) >= 11 is 0. The lowest BCUT2D eigenvalue weighted by Crippen LogP contribution is -2.42. The quantitative estimate of drug-likeness (QED) is 0.728. The number of hydrogen-bond acceptors (Lipinski definition) is 3. The van der Waals surface area contributed by atoms with Gasteiger partial charge < -0.3 is 14.8 Å². The highest BCUT2D eigenvalue weighted by Crippen LogP contribution is 2.27. The summed E-state index contributed by atoms with van der Waals surface area (Å²) in [4.78, 5) is 19.9. The zero-order chi connectivity index (χ0) is 19.5. The van der Waals surface area contributed by atoms with Crippen molar-refractivity contribution in [2.45, 2.75) is 39.3 Å². The number of aryl methyl sites for hydroxylation is 1. The van der Waals surface area contributed by atoms with Gasteiger partial charge in [-0.2, -0.15) is 0 Å². The summed E-state index contributed by atoms with van der Waals surface area (Å²) in [5.41, 5.74) is 3.36. The van der Waals surface area contributed by atoms with E-state index < -0.39 is 0 Å². The molecule has 2 heterocycles. The Hall–Kier alpha value is -2.82. The fourth-order valence-electron chi connectivity index (χ4n) is 4.11. The van der Waals surface area contributed by atoms with Crippen molar-refractivity contribution >= 4 is 22.9 Å². The number of aromatic nitrogens is 2. The molecule has 1 N–H and O–H groups in total. The summed E-state index contributed by atoms with van der Waals surface area (Å²) < 4.78 is 2.27. The molecule has 5 nitrogen and oxygen atoms in total. The average Bonchev–Trinajstić information content (AvgIpc) is 3.13. The van der Waals surface area contributed by atoms with Crippen molar-refractivity contribution in [3.8, 4) is 0 Å². The molecule has 0 spiro atoms. The van der Waals surface area contributed by atoms with Crippen LogP contribution in [0.3, 0.4) is 0 Å². The third-order valence-electron chi connectivity index (χ3n) is 5.76. The van der Waals surface area contributed by atoms with Crippen molar-refractivity contribution in [1.82, 2.24) is 14.9 Å². The Morgan fingerprint density at radius 1 is 1.11 bits per heavy atom. The van der Waals surface area contributed by atoms with Crippen LogP contribution < -0.4 is 10.2 Å². The van der Waals surface area contributed by atoms with E-state index in [1.807, 2.05) is 31.2 Å². The van der Waals surface area contributed by atoms with Crippen LogP contribution in [0, 0.1) is 5.92 Å². The maximum atomic E-state index is 12.7. The summed E-state index contributed by atoms with van der Waals surface area (Å²) in [6.07, 6.45) is 1.72. The van der Waals surface area contributed by atoms with Gasteiger partial charge in [-0.15, -0.1) is 0 Å². The number of amides is 1. The summed E-state index contributed by atoms with van der Waals surface area (Å²) in [5.74, 6) is 1.27. The molecule has 5 heteroatoms. The number of nitrogens with one attached hydrogen (secondary N) is 1. The number of anilines is 1. The van der Waals surface area contributed by atoms with E-state index in [1.165, 1.54) is 5.52 Å². The van der Waals surface area contributed by atoms with Crippen LogP contribution in [0.4, 0.5) is 5.95 Å². The van der Waals surface area contributed by atoms with E-state index in [-0.39, 0.29) is 17.9 Å². The molecule has 0 radical (unpaired) electrons. The lowest BCUT2D eigenvalue weighted by Gasteiger charge is -2.32. The van der Waals surface area contributed by atoms with Gasteiger partial charge in [-0.25, -0.2) is 4.98 Å². The molecule has 2 aromatic carbocycles. The Morgan fingerprint density at radius 3 is 2.50 bits per heavy atom. The minimum atomic E-state index is 0.0380. The summed E-state index contributed by atoms with van der Waals surface area (Å²) in [5, 5.41) is 3.19. The first kappa shape index (κ1) is 18.5. The van der Waals surface area contributed by atoms with Crippen molar-refractivity contribution in [1.29, 1.82) is 0 Å². The topological polar surface area (TPSA) is 50.2 Å². The molecular weight excluding hydrogens is 348 g/mol. The van der Waals surface area contributed by atoms with Crippen LogP contribution in [-0.4, -0.2) is 28.5 Å². The molecule has 28 heavy (non-hydrogen) atoms. The van der Waals surface area contributed by atoms with Crippen LogP contribution in [0.2, 0.25) is 0 Å². The first-order chi connectivity index (χ1) is 13.7. The van der Waals surface area contributed by atoms with E-state index in [1.54, 1.807) is 0 Å². The Labute approximate surface area is 166 Å². The second kappa shape index (κ2) is 8.05. The highest BCUT2D eigenvalue weighted by atomic mass is 16.1. The molecular formula is C23H28N4O. The van der Waals surface area contributed by atoms with Crippen molar-refractivity contribution in [3.63, 3.8) is 0 Å². The van der Waals surface area contributed by atoms with Crippen molar-refractivity contribution in [2.24, 2.45) is 5.92 Å². The molecule has 1 atom stereocenters.